The van der Waals surface area contributed by atoms with Crippen molar-refractivity contribution < 1.29 is 9.32 Å². The van der Waals surface area contributed by atoms with Gasteiger partial charge >= 0.3 is 0 Å². The Balaban J connectivity index is 1.60. The van der Waals surface area contributed by atoms with Crippen LogP contribution in [0.5, 0.6) is 0 Å². The first-order valence-electron chi connectivity index (χ1n) is 8.56. The Kier molecular flexibility index (Phi) is 3.70. The quantitative estimate of drug-likeness (QED) is 0.398. The third-order valence-corrected chi connectivity index (χ3v) is 5.22. The van der Waals surface area contributed by atoms with Gasteiger partial charge in [0.15, 0.2) is 0 Å². The van der Waals surface area contributed by atoms with Crippen molar-refractivity contribution in [3.63, 3.8) is 0 Å². The summed E-state index contributed by atoms with van der Waals surface area (Å²) in [6.07, 6.45) is 5.36. The first kappa shape index (κ1) is 16.9. The van der Waals surface area contributed by atoms with Gasteiger partial charge in [-0.3, -0.25) is 4.79 Å². The number of benzene rings is 1. The van der Waals surface area contributed by atoms with Gasteiger partial charge in [0, 0.05) is 59.0 Å². The van der Waals surface area contributed by atoms with E-state index in [1.165, 1.54) is 0 Å². The Bertz CT molecular complexity index is 1380. The van der Waals surface area contributed by atoms with E-state index in [9.17, 15) is 4.79 Å². The second-order valence-electron chi connectivity index (χ2n) is 6.60. The molecule has 0 bridgehead atoms. The van der Waals surface area contributed by atoms with Crippen LogP contribution < -0.4 is 0 Å². The number of aromatic nitrogens is 5. The predicted octanol–water partition coefficient (Wildman–Crippen LogP) is 4.11. The lowest BCUT2D eigenvalue weighted by Crippen LogP contribution is -2.01. The Morgan fingerprint density at radius 1 is 1.11 bits per heavy atom. The van der Waals surface area contributed by atoms with E-state index in [1.54, 1.807) is 17.0 Å². The molecule has 7 nitrogen and oxygen atoms in total. The molecule has 0 radical (unpaired) electrons. The fraction of sp³-hybridized carbons (Fsp3) is 0.100. The van der Waals surface area contributed by atoms with Gasteiger partial charge in [-0.25, -0.2) is 4.98 Å². The molecule has 4 heterocycles. The molecule has 8 heteroatoms. The molecule has 0 saturated heterocycles. The van der Waals surface area contributed by atoms with Gasteiger partial charge in [0.2, 0.25) is 5.82 Å². The number of halogens is 1. The number of fused-ring (bicyclic) bond motifs is 2. The molecule has 0 aliphatic rings. The van der Waals surface area contributed by atoms with Gasteiger partial charge in [-0.1, -0.05) is 23.4 Å². The molecule has 28 heavy (non-hydrogen) atoms. The van der Waals surface area contributed by atoms with E-state index in [1.807, 2.05) is 55.2 Å². The van der Waals surface area contributed by atoms with Crippen molar-refractivity contribution in [2.75, 3.05) is 0 Å². The summed E-state index contributed by atoms with van der Waals surface area (Å²) in [5.74, 6) is 0.0135. The molecule has 0 atom stereocenters. The Morgan fingerprint density at radius 3 is 2.79 bits per heavy atom. The Morgan fingerprint density at radius 2 is 1.93 bits per heavy atom. The first-order chi connectivity index (χ1) is 13.5. The molecular formula is C20H14BrN5O2. The van der Waals surface area contributed by atoms with Gasteiger partial charge in [-0.05, 0) is 28.1 Å². The van der Waals surface area contributed by atoms with Crippen LogP contribution in [0.3, 0.4) is 0 Å². The molecular weight excluding hydrogens is 422 g/mol. The molecule has 5 aromatic rings. The van der Waals surface area contributed by atoms with E-state index in [-0.39, 0.29) is 11.7 Å². The van der Waals surface area contributed by atoms with Crippen molar-refractivity contribution in [2.24, 2.45) is 14.1 Å². The summed E-state index contributed by atoms with van der Waals surface area (Å²) in [4.78, 5) is 21.8. The van der Waals surface area contributed by atoms with Crippen molar-refractivity contribution in [1.29, 1.82) is 0 Å². The number of carbonyl (C=O) groups excluding carboxylic acids is 1. The van der Waals surface area contributed by atoms with Crippen molar-refractivity contribution >= 4 is 43.6 Å². The average Bonchev–Trinajstić information content (AvgIpc) is 3.38. The van der Waals surface area contributed by atoms with Crippen molar-refractivity contribution in [1.82, 2.24) is 24.3 Å². The summed E-state index contributed by atoms with van der Waals surface area (Å²) in [7, 11) is 3.80. The number of hydrogen-bond acceptors (Lipinski definition) is 5. The zero-order valence-electron chi connectivity index (χ0n) is 15.0. The van der Waals surface area contributed by atoms with Crippen LogP contribution >= 0.6 is 15.9 Å². The summed E-state index contributed by atoms with van der Waals surface area (Å²) in [6.45, 7) is 0. The molecule has 0 saturated carbocycles. The molecule has 0 aliphatic carbocycles. The molecule has 0 fully saturated rings. The lowest BCUT2D eigenvalue weighted by molar-refractivity contribution is 0.0995. The van der Waals surface area contributed by atoms with Crippen molar-refractivity contribution in [2.45, 2.75) is 0 Å². The molecule has 4 aromatic heterocycles. The van der Waals surface area contributed by atoms with Crippen LogP contribution in [0.4, 0.5) is 0 Å². The third kappa shape index (κ3) is 2.49. The minimum atomic E-state index is -0.329. The Labute approximate surface area is 167 Å². The van der Waals surface area contributed by atoms with Gasteiger partial charge in [0.25, 0.3) is 11.7 Å². The molecule has 0 aliphatic heterocycles. The van der Waals surface area contributed by atoms with Gasteiger partial charge in [-0.2, -0.15) is 4.98 Å². The van der Waals surface area contributed by atoms with Gasteiger partial charge in [0.1, 0.15) is 5.65 Å². The van der Waals surface area contributed by atoms with E-state index in [0.29, 0.717) is 17.0 Å². The highest BCUT2D eigenvalue weighted by Crippen LogP contribution is 2.29. The number of nitrogens with zero attached hydrogens (tertiary/aromatic N) is 5. The van der Waals surface area contributed by atoms with Crippen LogP contribution in [0.2, 0.25) is 0 Å². The monoisotopic (exact) mass is 435 g/mol. The predicted molar refractivity (Wildman–Crippen MR) is 108 cm³/mol. The first-order valence-corrected chi connectivity index (χ1v) is 9.35. The topological polar surface area (TPSA) is 78.7 Å². The van der Waals surface area contributed by atoms with E-state index in [2.05, 4.69) is 31.1 Å². The Hall–Kier alpha value is -3.26. The van der Waals surface area contributed by atoms with E-state index >= 15 is 0 Å². The highest BCUT2D eigenvalue weighted by molar-refractivity contribution is 9.10. The summed E-state index contributed by atoms with van der Waals surface area (Å²) in [5, 5.41) is 5.78. The number of hydrogen-bond donors (Lipinski definition) is 0. The largest absolute Gasteiger partial charge is 0.350 e. The maximum Gasteiger partial charge on any atom is 0.299 e. The second-order valence-corrected chi connectivity index (χ2v) is 7.52. The number of aryl methyl sites for hydroxylation is 2. The summed E-state index contributed by atoms with van der Waals surface area (Å²) in [6, 6.07) is 9.81. The van der Waals surface area contributed by atoms with Crippen molar-refractivity contribution in [3.8, 4) is 11.4 Å². The average molecular weight is 436 g/mol. The normalized spacial score (nSPS) is 11.5. The second kappa shape index (κ2) is 6.13. The van der Waals surface area contributed by atoms with E-state index in [0.717, 1.165) is 26.3 Å². The lowest BCUT2D eigenvalue weighted by Gasteiger charge is -1.95. The van der Waals surface area contributed by atoms with Crippen LogP contribution in [0, 0.1) is 0 Å². The zero-order chi connectivity index (χ0) is 19.4. The lowest BCUT2D eigenvalue weighted by atomic mass is 10.1. The van der Waals surface area contributed by atoms with Crippen LogP contribution in [0.1, 0.15) is 16.2 Å². The fourth-order valence-corrected chi connectivity index (χ4v) is 3.81. The number of carbonyl (C=O) groups is 1. The van der Waals surface area contributed by atoms with E-state index in [4.69, 9.17) is 4.52 Å². The highest BCUT2D eigenvalue weighted by atomic mass is 79.9. The summed E-state index contributed by atoms with van der Waals surface area (Å²) in [5.41, 5.74) is 3.06. The number of para-hydroxylation sites is 1. The SMILES string of the molecule is Cn1cc(-c2noc(C(=O)c3cn(C)c4ncc(Br)cc34)n2)c2ccccc21. The molecule has 0 spiro atoms. The maximum atomic E-state index is 13.0. The minimum absolute atomic E-state index is 0.0459. The fourth-order valence-electron chi connectivity index (χ4n) is 3.48. The van der Waals surface area contributed by atoms with Crippen LogP contribution in [-0.2, 0) is 14.1 Å². The van der Waals surface area contributed by atoms with Crippen LogP contribution in [-0.4, -0.2) is 30.0 Å². The number of ketones is 1. The van der Waals surface area contributed by atoms with Crippen LogP contribution in [0.15, 0.2) is 57.9 Å². The standard InChI is InChI=1S/C20H14BrN5O2/c1-25-10-15(12-5-3-4-6-16(12)25)18-23-20(28-24-18)17(27)14-9-26(2)19-13(14)7-11(21)8-22-19/h3-10H,1-2H3. The molecule has 0 unspecified atom stereocenters. The van der Waals surface area contributed by atoms with Gasteiger partial charge in [0.05, 0.1) is 5.56 Å². The van der Waals surface area contributed by atoms with E-state index < -0.39 is 0 Å². The zero-order valence-corrected chi connectivity index (χ0v) is 16.6. The van der Waals surface area contributed by atoms with Crippen molar-refractivity contribution in [3.05, 3.63) is 64.8 Å². The van der Waals surface area contributed by atoms with Crippen LogP contribution in [0.25, 0.3) is 33.3 Å². The molecule has 5 rings (SSSR count). The minimum Gasteiger partial charge on any atom is -0.350 e. The summed E-state index contributed by atoms with van der Waals surface area (Å²) >= 11 is 3.40. The number of rotatable bonds is 3. The smallest absolute Gasteiger partial charge is 0.299 e. The third-order valence-electron chi connectivity index (χ3n) is 4.78. The van der Waals surface area contributed by atoms with Gasteiger partial charge < -0.3 is 13.7 Å². The summed E-state index contributed by atoms with van der Waals surface area (Å²) < 4.78 is 9.91. The molecule has 1 aromatic carbocycles. The molecule has 0 N–H and O–H groups in total. The van der Waals surface area contributed by atoms with Gasteiger partial charge in [-0.15, -0.1) is 0 Å². The highest BCUT2D eigenvalue weighted by Gasteiger charge is 2.23. The maximum absolute atomic E-state index is 13.0. The molecule has 138 valence electrons. The molecule has 0 amide bonds. The number of pyridine rings is 1.